The number of amides is 1. The summed E-state index contributed by atoms with van der Waals surface area (Å²) < 4.78 is 38.3. The highest BCUT2D eigenvalue weighted by Crippen LogP contribution is 2.33. The third-order valence-corrected chi connectivity index (χ3v) is 7.19. The van der Waals surface area contributed by atoms with Crippen LogP contribution in [0.5, 0.6) is 0 Å². The number of nitrogens with zero attached hydrogens (tertiary/aromatic N) is 3. The lowest BCUT2D eigenvalue weighted by atomic mass is 9.95. The standard InChI is InChI=1S/C17H21N3O5S/c1-10-11(2)18-25-16(10)14-6-7-15(24-14)26(22,23)20-8-12-4-5-13(9-20)19(3)17(12)21/h6-7,12-13H,4-5,8-9H2,1-3H3/t12-,13+/m1/s1. The molecule has 0 N–H and O–H groups in total. The van der Waals surface area contributed by atoms with Crippen molar-refractivity contribution in [3.8, 4) is 11.5 Å². The van der Waals surface area contributed by atoms with Crippen molar-refractivity contribution in [2.45, 2.75) is 37.8 Å². The normalized spacial score (nSPS) is 24.3. The van der Waals surface area contributed by atoms with Gasteiger partial charge in [-0.15, -0.1) is 0 Å². The summed E-state index contributed by atoms with van der Waals surface area (Å²) in [7, 11) is -2.08. The lowest BCUT2D eigenvalue weighted by Gasteiger charge is -2.32. The molecular weight excluding hydrogens is 358 g/mol. The van der Waals surface area contributed by atoms with E-state index in [1.807, 2.05) is 13.8 Å². The Hall–Kier alpha value is -2.13. The largest absolute Gasteiger partial charge is 0.440 e. The number of fused-ring (bicyclic) bond motifs is 4. The maximum Gasteiger partial charge on any atom is 0.276 e. The first-order valence-electron chi connectivity index (χ1n) is 8.59. The zero-order valence-corrected chi connectivity index (χ0v) is 15.7. The first-order valence-corrected chi connectivity index (χ1v) is 10.0. The number of aromatic nitrogens is 1. The molecule has 3 aliphatic rings. The molecule has 0 radical (unpaired) electrons. The van der Waals surface area contributed by atoms with Gasteiger partial charge in [0.1, 0.15) is 0 Å². The van der Waals surface area contributed by atoms with Crippen LogP contribution in [0.2, 0.25) is 0 Å². The lowest BCUT2D eigenvalue weighted by molar-refractivity contribution is -0.138. The Balaban J connectivity index is 1.65. The Morgan fingerprint density at radius 1 is 1.19 bits per heavy atom. The van der Waals surface area contributed by atoms with Gasteiger partial charge in [-0.05, 0) is 38.8 Å². The molecule has 2 aromatic heterocycles. The third-order valence-electron chi connectivity index (χ3n) is 5.49. The van der Waals surface area contributed by atoms with Gasteiger partial charge in [-0.3, -0.25) is 4.79 Å². The number of carbonyl (C=O) groups excluding carboxylic acids is 1. The minimum absolute atomic E-state index is 0.0202. The summed E-state index contributed by atoms with van der Waals surface area (Å²) in [6, 6.07) is 2.91. The molecule has 0 spiro atoms. The van der Waals surface area contributed by atoms with Gasteiger partial charge in [-0.2, -0.15) is 4.31 Å². The van der Waals surface area contributed by atoms with E-state index in [0.29, 0.717) is 11.5 Å². The van der Waals surface area contributed by atoms with Crippen molar-refractivity contribution in [3.05, 3.63) is 23.4 Å². The van der Waals surface area contributed by atoms with E-state index in [1.165, 1.54) is 10.4 Å². The maximum absolute atomic E-state index is 13.1. The number of aryl methyl sites for hydroxylation is 1. The highest BCUT2D eigenvalue weighted by molar-refractivity contribution is 7.89. The van der Waals surface area contributed by atoms with Gasteiger partial charge < -0.3 is 13.8 Å². The monoisotopic (exact) mass is 379 g/mol. The summed E-state index contributed by atoms with van der Waals surface area (Å²) in [4.78, 5) is 14.0. The molecule has 0 unspecified atom stereocenters. The number of sulfonamides is 1. The van der Waals surface area contributed by atoms with Crippen LogP contribution in [-0.2, 0) is 14.8 Å². The fraction of sp³-hybridized carbons (Fsp3) is 0.529. The van der Waals surface area contributed by atoms with Crippen LogP contribution in [0.4, 0.5) is 0 Å². The molecule has 3 saturated heterocycles. The topological polar surface area (TPSA) is 96.9 Å². The van der Waals surface area contributed by atoms with Gasteiger partial charge in [-0.25, -0.2) is 8.42 Å². The van der Waals surface area contributed by atoms with E-state index in [1.54, 1.807) is 18.0 Å². The summed E-state index contributed by atoms with van der Waals surface area (Å²) in [6.07, 6.45) is 1.54. The van der Waals surface area contributed by atoms with E-state index in [-0.39, 0.29) is 36.0 Å². The number of likely N-dealkylation sites (N-methyl/N-ethyl adjacent to an activating group) is 1. The predicted octanol–water partition coefficient (Wildman–Crippen LogP) is 1.79. The molecule has 140 valence electrons. The SMILES string of the molecule is Cc1noc(-c2ccc(S(=O)(=O)N3C[C@H]4CC[C@@H](C3)N(C)C4=O)o2)c1C. The summed E-state index contributed by atoms with van der Waals surface area (Å²) in [6.45, 7) is 4.13. The van der Waals surface area contributed by atoms with Crippen LogP contribution in [0, 0.1) is 19.8 Å². The highest BCUT2D eigenvalue weighted by Gasteiger charge is 2.43. The van der Waals surface area contributed by atoms with Crippen molar-refractivity contribution in [1.29, 1.82) is 0 Å². The van der Waals surface area contributed by atoms with E-state index in [0.717, 1.165) is 24.1 Å². The fourth-order valence-electron chi connectivity index (χ4n) is 3.67. The van der Waals surface area contributed by atoms with Gasteiger partial charge in [0.25, 0.3) is 10.0 Å². The Morgan fingerprint density at radius 2 is 1.96 bits per heavy atom. The van der Waals surface area contributed by atoms with Crippen molar-refractivity contribution in [2.75, 3.05) is 20.1 Å². The minimum atomic E-state index is -3.83. The molecule has 0 aliphatic carbocycles. The molecule has 2 aromatic rings. The van der Waals surface area contributed by atoms with E-state index in [2.05, 4.69) is 5.16 Å². The molecular formula is C17H21N3O5S. The molecule has 5 rings (SSSR count). The second-order valence-electron chi connectivity index (χ2n) is 7.04. The first-order chi connectivity index (χ1) is 12.3. The Kier molecular flexibility index (Phi) is 3.96. The minimum Gasteiger partial charge on any atom is -0.440 e. The predicted molar refractivity (Wildman–Crippen MR) is 91.7 cm³/mol. The van der Waals surface area contributed by atoms with E-state index in [9.17, 15) is 13.2 Å². The van der Waals surface area contributed by atoms with Gasteiger partial charge in [0.15, 0.2) is 5.76 Å². The van der Waals surface area contributed by atoms with Crippen molar-refractivity contribution in [1.82, 2.24) is 14.4 Å². The number of hydrogen-bond acceptors (Lipinski definition) is 6. The second-order valence-corrected chi connectivity index (χ2v) is 8.91. The fourth-order valence-corrected chi connectivity index (χ4v) is 5.10. The molecule has 3 aliphatic heterocycles. The number of carbonyl (C=O) groups is 1. The van der Waals surface area contributed by atoms with Crippen LogP contribution in [0.3, 0.4) is 0 Å². The zero-order chi connectivity index (χ0) is 18.6. The molecule has 1 amide bonds. The average molecular weight is 379 g/mol. The maximum atomic E-state index is 13.1. The van der Waals surface area contributed by atoms with Crippen LogP contribution in [-0.4, -0.2) is 54.9 Å². The molecule has 5 heterocycles. The first kappa shape index (κ1) is 17.3. The molecule has 0 saturated carbocycles. The Morgan fingerprint density at radius 3 is 2.65 bits per heavy atom. The van der Waals surface area contributed by atoms with E-state index >= 15 is 0 Å². The van der Waals surface area contributed by atoms with Crippen LogP contribution < -0.4 is 0 Å². The Labute approximate surface area is 151 Å². The van der Waals surface area contributed by atoms with E-state index < -0.39 is 10.0 Å². The van der Waals surface area contributed by atoms with Gasteiger partial charge in [-0.1, -0.05) is 5.16 Å². The number of hydrogen-bond donors (Lipinski definition) is 0. The zero-order valence-electron chi connectivity index (χ0n) is 14.9. The smallest absolute Gasteiger partial charge is 0.276 e. The molecule has 2 bridgehead atoms. The number of rotatable bonds is 3. The van der Waals surface area contributed by atoms with Crippen molar-refractivity contribution >= 4 is 15.9 Å². The molecule has 9 heteroatoms. The number of piperidine rings is 1. The summed E-state index contributed by atoms with van der Waals surface area (Å²) in [5.41, 5.74) is 1.54. The molecule has 3 fully saturated rings. The molecule has 0 aromatic carbocycles. The summed E-state index contributed by atoms with van der Waals surface area (Å²) in [5, 5.41) is 3.73. The second kappa shape index (κ2) is 5.95. The molecule has 2 atom stereocenters. The van der Waals surface area contributed by atoms with E-state index in [4.69, 9.17) is 8.94 Å². The van der Waals surface area contributed by atoms with Crippen LogP contribution in [0.15, 0.2) is 26.2 Å². The van der Waals surface area contributed by atoms with Gasteiger partial charge in [0.05, 0.1) is 11.6 Å². The Bertz CT molecular complexity index is 961. The molecule has 26 heavy (non-hydrogen) atoms. The van der Waals surface area contributed by atoms with Gasteiger partial charge in [0.2, 0.25) is 16.8 Å². The average Bonchev–Trinajstić information content (AvgIpc) is 3.11. The van der Waals surface area contributed by atoms with Gasteiger partial charge >= 0.3 is 0 Å². The molecule has 8 nitrogen and oxygen atoms in total. The quantitative estimate of drug-likeness (QED) is 0.807. The van der Waals surface area contributed by atoms with Crippen LogP contribution >= 0.6 is 0 Å². The number of furan rings is 1. The third kappa shape index (κ3) is 2.57. The van der Waals surface area contributed by atoms with Gasteiger partial charge in [0, 0.05) is 31.7 Å². The van der Waals surface area contributed by atoms with Crippen molar-refractivity contribution in [3.63, 3.8) is 0 Å². The van der Waals surface area contributed by atoms with Crippen molar-refractivity contribution in [2.24, 2.45) is 5.92 Å². The highest BCUT2D eigenvalue weighted by atomic mass is 32.2. The van der Waals surface area contributed by atoms with Crippen LogP contribution in [0.1, 0.15) is 24.1 Å². The van der Waals surface area contributed by atoms with Crippen LogP contribution in [0.25, 0.3) is 11.5 Å². The van der Waals surface area contributed by atoms with Crippen molar-refractivity contribution < 1.29 is 22.2 Å². The summed E-state index contributed by atoms with van der Waals surface area (Å²) >= 11 is 0. The summed E-state index contributed by atoms with van der Waals surface area (Å²) in [5.74, 6) is 0.483. The lowest BCUT2D eigenvalue weighted by Crippen LogP contribution is -2.45.